The van der Waals surface area contributed by atoms with Crippen LogP contribution in [0, 0.1) is 0 Å². The van der Waals surface area contributed by atoms with Crippen molar-refractivity contribution in [3.63, 3.8) is 0 Å². The second-order valence-corrected chi connectivity index (χ2v) is 23.1. The third-order valence-corrected chi connectivity index (χ3v) is 15.5. The van der Waals surface area contributed by atoms with Crippen LogP contribution in [0.25, 0.3) is 0 Å². The highest BCUT2D eigenvalue weighted by Crippen LogP contribution is 2.29. The molecule has 8 heteroatoms. The van der Waals surface area contributed by atoms with Crippen molar-refractivity contribution < 1.29 is 38.1 Å². The third-order valence-electron chi connectivity index (χ3n) is 15.5. The Morgan fingerprint density at radius 2 is 0.387 bits per heavy atom. The van der Waals surface area contributed by atoms with Crippen LogP contribution >= 0.6 is 0 Å². The SMILES string of the molecule is CCCCCCCCCCCCCCCC(=O)OC(C)C(OC(=O)CCCCCCCCCCCCCCC)(OC(=O)CCCCCCCCCCCCCCC)OC(=O)CCCCCCCCCCCCCCC. The highest BCUT2D eigenvalue weighted by atomic mass is 16.9. The van der Waals surface area contributed by atoms with Crippen molar-refractivity contribution in [2.75, 3.05) is 0 Å². The summed E-state index contributed by atoms with van der Waals surface area (Å²) in [7, 11) is 0. The van der Waals surface area contributed by atoms with Gasteiger partial charge in [-0.1, -0.05) is 336 Å². The molecule has 0 aromatic rings. The number of hydrogen-bond donors (Lipinski definition) is 0. The molecule has 0 amide bonds. The third kappa shape index (κ3) is 51.1. The summed E-state index contributed by atoms with van der Waals surface area (Å²) in [4.78, 5) is 54.7. The van der Waals surface area contributed by atoms with E-state index in [2.05, 4.69) is 27.7 Å². The van der Waals surface area contributed by atoms with Gasteiger partial charge >= 0.3 is 29.9 Å². The number of esters is 4. The van der Waals surface area contributed by atoms with Crippen molar-refractivity contribution in [2.24, 2.45) is 0 Å². The van der Waals surface area contributed by atoms with E-state index in [0.29, 0.717) is 25.7 Å². The zero-order valence-corrected chi connectivity index (χ0v) is 50.9. The number of hydrogen-bond acceptors (Lipinski definition) is 8. The van der Waals surface area contributed by atoms with Crippen molar-refractivity contribution in [3.05, 3.63) is 0 Å². The van der Waals surface area contributed by atoms with E-state index >= 15 is 0 Å². The first-order valence-electron chi connectivity index (χ1n) is 33.6. The van der Waals surface area contributed by atoms with E-state index in [9.17, 15) is 19.2 Å². The summed E-state index contributed by atoms with van der Waals surface area (Å²) < 4.78 is 23.9. The van der Waals surface area contributed by atoms with Crippen molar-refractivity contribution in [2.45, 2.75) is 406 Å². The van der Waals surface area contributed by atoms with Gasteiger partial charge in [-0.3, -0.25) is 19.2 Å². The Morgan fingerprint density at radius 3 is 0.560 bits per heavy atom. The molecule has 0 aliphatic carbocycles. The smallest absolute Gasteiger partial charge is 0.450 e. The van der Waals surface area contributed by atoms with Crippen molar-refractivity contribution in [3.8, 4) is 0 Å². The molecule has 444 valence electrons. The van der Waals surface area contributed by atoms with Crippen molar-refractivity contribution >= 4 is 23.9 Å². The molecule has 8 nitrogen and oxygen atoms in total. The standard InChI is InChI=1S/C67H128O8/c1-6-10-14-18-22-26-30-34-38-42-46-50-54-58-63(68)72-62(5)67(73-64(69)59-55-51-47-43-39-35-31-27-23-19-15-11-7-2,74-65(70)60-56-52-48-44-40-36-32-28-24-20-16-12-8-3)75-66(71)61-57-53-49-45-41-37-33-29-25-21-17-13-9-4/h62H,6-61H2,1-5H3. The Hall–Kier alpha value is -2.12. The molecule has 0 aliphatic rings. The molecular weight excluding hydrogens is 933 g/mol. The highest BCUT2D eigenvalue weighted by Gasteiger charge is 2.51. The lowest BCUT2D eigenvalue weighted by atomic mass is 10.0. The fourth-order valence-electron chi connectivity index (χ4n) is 10.4. The molecule has 1 unspecified atom stereocenters. The fraction of sp³-hybridized carbons (Fsp3) is 0.940. The highest BCUT2D eigenvalue weighted by molar-refractivity contribution is 5.74. The average Bonchev–Trinajstić information content (AvgIpc) is 3.39. The Labute approximate surface area is 466 Å². The summed E-state index contributed by atoms with van der Waals surface area (Å²) in [6.07, 6.45) is 60.9. The van der Waals surface area contributed by atoms with Gasteiger partial charge in [0.15, 0.2) is 0 Å². The zero-order chi connectivity index (χ0) is 54.8. The minimum Gasteiger partial charge on any atom is -0.450 e. The van der Waals surface area contributed by atoms with Crippen LogP contribution in [-0.4, -0.2) is 36.0 Å². The van der Waals surface area contributed by atoms with Gasteiger partial charge in [0.25, 0.3) is 0 Å². The van der Waals surface area contributed by atoms with Crippen LogP contribution in [0.4, 0.5) is 0 Å². The molecule has 0 N–H and O–H groups in total. The summed E-state index contributed by atoms with van der Waals surface area (Å²) in [5, 5.41) is 0. The predicted molar refractivity (Wildman–Crippen MR) is 318 cm³/mol. The van der Waals surface area contributed by atoms with Crippen LogP contribution in [0.5, 0.6) is 0 Å². The van der Waals surface area contributed by atoms with Crippen LogP contribution in [0.2, 0.25) is 0 Å². The molecule has 0 fully saturated rings. The van der Waals surface area contributed by atoms with Crippen LogP contribution in [0.15, 0.2) is 0 Å². The molecule has 0 aliphatic heterocycles. The maximum absolute atomic E-state index is 13.7. The number of ether oxygens (including phenoxy) is 4. The molecule has 0 rings (SSSR count). The molecule has 0 aromatic heterocycles. The van der Waals surface area contributed by atoms with Crippen molar-refractivity contribution in [1.82, 2.24) is 0 Å². The van der Waals surface area contributed by atoms with Gasteiger partial charge in [0, 0.05) is 25.7 Å². The first-order valence-corrected chi connectivity index (χ1v) is 33.6. The quantitative estimate of drug-likeness (QED) is 0.0337. The van der Waals surface area contributed by atoms with Gasteiger partial charge in [-0.15, -0.1) is 0 Å². The van der Waals surface area contributed by atoms with Crippen LogP contribution < -0.4 is 0 Å². The first-order chi connectivity index (χ1) is 36.7. The lowest BCUT2D eigenvalue weighted by Gasteiger charge is -2.35. The van der Waals surface area contributed by atoms with E-state index in [4.69, 9.17) is 18.9 Å². The number of carbonyl (C=O) groups is 4. The Balaban J connectivity index is 5.58. The van der Waals surface area contributed by atoms with Crippen LogP contribution in [0.3, 0.4) is 0 Å². The summed E-state index contributed by atoms with van der Waals surface area (Å²) in [6, 6.07) is 0. The van der Waals surface area contributed by atoms with E-state index in [1.54, 1.807) is 0 Å². The van der Waals surface area contributed by atoms with Gasteiger partial charge in [0.1, 0.15) is 0 Å². The summed E-state index contributed by atoms with van der Waals surface area (Å²) in [6.45, 7) is 10.6. The second kappa shape index (κ2) is 58.0. The molecule has 0 heterocycles. The van der Waals surface area contributed by atoms with Gasteiger partial charge in [-0.25, -0.2) is 0 Å². The predicted octanol–water partition coefficient (Wildman–Crippen LogP) is 22.1. The maximum Gasteiger partial charge on any atom is 0.462 e. The number of carbonyl (C=O) groups excluding carboxylic acids is 4. The number of unbranched alkanes of at least 4 members (excludes halogenated alkanes) is 48. The lowest BCUT2D eigenvalue weighted by molar-refractivity contribution is -0.361. The Morgan fingerprint density at radius 1 is 0.240 bits per heavy atom. The minimum absolute atomic E-state index is 0.0892. The largest absolute Gasteiger partial charge is 0.462 e. The van der Waals surface area contributed by atoms with Crippen LogP contribution in [0.1, 0.15) is 394 Å². The maximum atomic E-state index is 13.7. The van der Waals surface area contributed by atoms with E-state index in [1.807, 2.05) is 0 Å². The molecule has 0 bridgehead atoms. The Bertz CT molecular complexity index is 1130. The molecule has 0 saturated carbocycles. The van der Waals surface area contributed by atoms with Gasteiger partial charge in [0.2, 0.25) is 6.10 Å². The first kappa shape index (κ1) is 72.9. The second-order valence-electron chi connectivity index (χ2n) is 23.1. The fourth-order valence-corrected chi connectivity index (χ4v) is 10.4. The minimum atomic E-state index is -2.49. The van der Waals surface area contributed by atoms with Gasteiger partial charge < -0.3 is 18.9 Å². The summed E-state index contributed by atoms with van der Waals surface area (Å²) in [5.74, 6) is -4.84. The summed E-state index contributed by atoms with van der Waals surface area (Å²) >= 11 is 0. The van der Waals surface area contributed by atoms with E-state index in [-0.39, 0.29) is 25.7 Å². The summed E-state index contributed by atoms with van der Waals surface area (Å²) in [5.41, 5.74) is 0. The molecule has 0 aromatic carbocycles. The zero-order valence-electron chi connectivity index (χ0n) is 50.9. The molecule has 0 radical (unpaired) electrons. The molecule has 75 heavy (non-hydrogen) atoms. The monoisotopic (exact) mass is 1060 g/mol. The molecule has 0 spiro atoms. The topological polar surface area (TPSA) is 105 Å². The Kier molecular flexibility index (Phi) is 56.4. The average molecular weight is 1060 g/mol. The van der Waals surface area contributed by atoms with Crippen LogP contribution in [-0.2, 0) is 38.1 Å². The van der Waals surface area contributed by atoms with E-state index in [0.717, 1.165) is 77.0 Å². The van der Waals surface area contributed by atoms with Crippen molar-refractivity contribution in [1.29, 1.82) is 0 Å². The number of rotatable bonds is 61. The van der Waals surface area contributed by atoms with Gasteiger partial charge in [0.05, 0.1) is 0 Å². The van der Waals surface area contributed by atoms with E-state index in [1.165, 1.54) is 238 Å². The molecule has 0 saturated heterocycles. The van der Waals surface area contributed by atoms with E-state index < -0.39 is 36.0 Å². The normalized spacial score (nSPS) is 12.0. The lowest BCUT2D eigenvalue weighted by Crippen LogP contribution is -2.54. The molecular formula is C67H128O8. The van der Waals surface area contributed by atoms with Gasteiger partial charge in [-0.05, 0) is 32.6 Å². The molecule has 1 atom stereocenters. The van der Waals surface area contributed by atoms with Gasteiger partial charge in [-0.2, -0.15) is 0 Å².